The second-order valence-corrected chi connectivity index (χ2v) is 6.24. The van der Waals surface area contributed by atoms with Gasteiger partial charge in [-0.05, 0) is 25.2 Å². The van der Waals surface area contributed by atoms with Gasteiger partial charge in [0.2, 0.25) is 5.91 Å². The van der Waals surface area contributed by atoms with Gasteiger partial charge in [0, 0.05) is 31.1 Å². The van der Waals surface area contributed by atoms with Gasteiger partial charge in [0.15, 0.2) is 0 Å². The van der Waals surface area contributed by atoms with Crippen LogP contribution in [0.5, 0.6) is 0 Å². The van der Waals surface area contributed by atoms with Crippen molar-refractivity contribution in [2.24, 2.45) is 11.8 Å². The molecule has 2 fully saturated rings. The van der Waals surface area contributed by atoms with Crippen molar-refractivity contribution in [3.8, 4) is 0 Å². The number of likely N-dealkylation sites (tertiary alicyclic amines) is 1. The molecule has 2 atom stereocenters. The fraction of sp³-hybridized carbons (Fsp3) is 0.929. The summed E-state index contributed by atoms with van der Waals surface area (Å²) in [5, 5.41) is 3.20. The SMILES string of the molecule is CC1CC(NC(=O)C(C)C)CN(C2CCC2)C1. The second kappa shape index (κ2) is 5.38. The fourth-order valence-electron chi connectivity index (χ4n) is 2.92. The molecular formula is C14H26N2O. The molecule has 1 aliphatic heterocycles. The number of amides is 1. The maximum absolute atomic E-state index is 11.7. The van der Waals surface area contributed by atoms with Crippen LogP contribution in [0.4, 0.5) is 0 Å². The summed E-state index contributed by atoms with van der Waals surface area (Å²) in [7, 11) is 0. The molecule has 1 saturated heterocycles. The highest BCUT2D eigenvalue weighted by molar-refractivity contribution is 5.78. The smallest absolute Gasteiger partial charge is 0.222 e. The number of hydrogen-bond donors (Lipinski definition) is 1. The second-order valence-electron chi connectivity index (χ2n) is 6.24. The number of carbonyl (C=O) groups excluding carboxylic acids is 1. The Labute approximate surface area is 105 Å². The van der Waals surface area contributed by atoms with Crippen molar-refractivity contribution in [3.63, 3.8) is 0 Å². The first-order valence-corrected chi connectivity index (χ1v) is 7.10. The zero-order valence-electron chi connectivity index (χ0n) is 11.4. The molecule has 2 rings (SSSR count). The minimum Gasteiger partial charge on any atom is -0.352 e. The summed E-state index contributed by atoms with van der Waals surface area (Å²) in [6.45, 7) is 8.52. The number of carbonyl (C=O) groups is 1. The van der Waals surface area contributed by atoms with Gasteiger partial charge in [-0.2, -0.15) is 0 Å². The van der Waals surface area contributed by atoms with Crippen molar-refractivity contribution in [3.05, 3.63) is 0 Å². The normalized spacial score (nSPS) is 31.3. The highest BCUT2D eigenvalue weighted by Gasteiger charge is 2.32. The zero-order valence-corrected chi connectivity index (χ0v) is 11.4. The third-order valence-corrected chi connectivity index (χ3v) is 4.15. The first-order chi connectivity index (χ1) is 8.06. The molecule has 2 aliphatic rings. The molecule has 17 heavy (non-hydrogen) atoms. The van der Waals surface area contributed by atoms with E-state index in [1.165, 1.54) is 25.8 Å². The van der Waals surface area contributed by atoms with E-state index in [0.717, 1.165) is 19.0 Å². The van der Waals surface area contributed by atoms with E-state index in [1.54, 1.807) is 0 Å². The van der Waals surface area contributed by atoms with Crippen LogP contribution in [-0.2, 0) is 4.79 Å². The van der Waals surface area contributed by atoms with E-state index in [-0.39, 0.29) is 11.8 Å². The first-order valence-electron chi connectivity index (χ1n) is 7.10. The van der Waals surface area contributed by atoms with E-state index in [1.807, 2.05) is 13.8 Å². The van der Waals surface area contributed by atoms with Crippen LogP contribution in [0.15, 0.2) is 0 Å². The average molecular weight is 238 g/mol. The third-order valence-electron chi connectivity index (χ3n) is 4.15. The van der Waals surface area contributed by atoms with Crippen molar-refractivity contribution in [2.75, 3.05) is 13.1 Å². The van der Waals surface area contributed by atoms with Gasteiger partial charge in [0.25, 0.3) is 0 Å². The monoisotopic (exact) mass is 238 g/mol. The molecule has 98 valence electrons. The average Bonchev–Trinajstić information content (AvgIpc) is 2.13. The molecule has 1 heterocycles. The van der Waals surface area contributed by atoms with E-state index in [9.17, 15) is 4.79 Å². The summed E-state index contributed by atoms with van der Waals surface area (Å²) < 4.78 is 0. The van der Waals surface area contributed by atoms with Gasteiger partial charge >= 0.3 is 0 Å². The van der Waals surface area contributed by atoms with Crippen LogP contribution in [0.25, 0.3) is 0 Å². The number of nitrogens with zero attached hydrogens (tertiary/aromatic N) is 1. The lowest BCUT2D eigenvalue weighted by Crippen LogP contribution is -2.55. The standard InChI is InChI=1S/C14H26N2O/c1-10(2)14(17)15-12-7-11(3)8-16(9-12)13-5-4-6-13/h10-13H,4-9H2,1-3H3,(H,15,17). The molecule has 0 bridgehead atoms. The zero-order chi connectivity index (χ0) is 12.4. The highest BCUT2D eigenvalue weighted by Crippen LogP contribution is 2.29. The van der Waals surface area contributed by atoms with Crippen LogP contribution in [0.3, 0.4) is 0 Å². The number of piperidine rings is 1. The Bertz CT molecular complexity index is 273. The van der Waals surface area contributed by atoms with Gasteiger partial charge in [-0.1, -0.05) is 27.2 Å². The molecule has 1 amide bonds. The van der Waals surface area contributed by atoms with E-state index in [4.69, 9.17) is 0 Å². The Morgan fingerprint density at radius 2 is 2.00 bits per heavy atom. The van der Waals surface area contributed by atoms with Gasteiger partial charge in [-0.15, -0.1) is 0 Å². The maximum Gasteiger partial charge on any atom is 0.222 e. The van der Waals surface area contributed by atoms with Crippen LogP contribution in [0.2, 0.25) is 0 Å². The number of hydrogen-bond acceptors (Lipinski definition) is 2. The predicted molar refractivity (Wildman–Crippen MR) is 69.8 cm³/mol. The molecular weight excluding hydrogens is 212 g/mol. The molecule has 0 radical (unpaired) electrons. The van der Waals surface area contributed by atoms with Crippen LogP contribution < -0.4 is 5.32 Å². The van der Waals surface area contributed by atoms with E-state index < -0.39 is 0 Å². The lowest BCUT2D eigenvalue weighted by atomic mass is 9.87. The van der Waals surface area contributed by atoms with Gasteiger partial charge in [-0.25, -0.2) is 0 Å². The summed E-state index contributed by atoms with van der Waals surface area (Å²) in [4.78, 5) is 14.3. The van der Waals surface area contributed by atoms with Crippen molar-refractivity contribution in [2.45, 2.75) is 58.5 Å². The fourth-order valence-corrected chi connectivity index (χ4v) is 2.92. The summed E-state index contributed by atoms with van der Waals surface area (Å²) in [6, 6.07) is 1.17. The molecule has 3 nitrogen and oxygen atoms in total. The highest BCUT2D eigenvalue weighted by atomic mass is 16.1. The van der Waals surface area contributed by atoms with Gasteiger partial charge < -0.3 is 5.32 Å². The predicted octanol–water partition coefficient (Wildman–Crippen LogP) is 2.02. The Hall–Kier alpha value is -0.570. The molecule has 1 saturated carbocycles. The summed E-state index contributed by atoms with van der Waals surface area (Å²) in [6.07, 6.45) is 5.25. The first kappa shape index (κ1) is 12.9. The van der Waals surface area contributed by atoms with Gasteiger partial charge in [0.05, 0.1) is 0 Å². The molecule has 0 spiro atoms. The third kappa shape index (κ3) is 3.21. The van der Waals surface area contributed by atoms with Crippen LogP contribution >= 0.6 is 0 Å². The molecule has 3 heteroatoms. The van der Waals surface area contributed by atoms with Gasteiger partial charge in [-0.3, -0.25) is 9.69 Å². The lowest BCUT2D eigenvalue weighted by Gasteiger charge is -2.44. The Morgan fingerprint density at radius 3 is 2.53 bits per heavy atom. The lowest BCUT2D eigenvalue weighted by molar-refractivity contribution is -0.125. The summed E-state index contributed by atoms with van der Waals surface area (Å²) >= 11 is 0. The van der Waals surface area contributed by atoms with Crippen LogP contribution in [-0.4, -0.2) is 36.0 Å². The quantitative estimate of drug-likeness (QED) is 0.816. The van der Waals surface area contributed by atoms with Crippen molar-refractivity contribution in [1.82, 2.24) is 10.2 Å². The Balaban J connectivity index is 1.87. The number of nitrogens with one attached hydrogen (secondary N) is 1. The minimum absolute atomic E-state index is 0.101. The summed E-state index contributed by atoms with van der Waals surface area (Å²) in [5.74, 6) is 1.02. The van der Waals surface area contributed by atoms with Crippen molar-refractivity contribution >= 4 is 5.91 Å². The maximum atomic E-state index is 11.7. The molecule has 0 aromatic rings. The van der Waals surface area contributed by atoms with Crippen LogP contribution in [0.1, 0.15) is 46.5 Å². The molecule has 1 N–H and O–H groups in total. The largest absolute Gasteiger partial charge is 0.352 e. The van der Waals surface area contributed by atoms with Crippen LogP contribution in [0, 0.1) is 11.8 Å². The van der Waals surface area contributed by atoms with E-state index in [2.05, 4.69) is 17.1 Å². The Kier molecular flexibility index (Phi) is 4.08. The van der Waals surface area contributed by atoms with E-state index in [0.29, 0.717) is 12.0 Å². The molecule has 2 unspecified atom stereocenters. The summed E-state index contributed by atoms with van der Waals surface area (Å²) in [5.41, 5.74) is 0. The van der Waals surface area contributed by atoms with Gasteiger partial charge in [0.1, 0.15) is 0 Å². The molecule has 0 aromatic heterocycles. The molecule has 1 aliphatic carbocycles. The molecule has 0 aromatic carbocycles. The Morgan fingerprint density at radius 1 is 1.29 bits per heavy atom. The topological polar surface area (TPSA) is 32.3 Å². The van der Waals surface area contributed by atoms with E-state index >= 15 is 0 Å². The number of rotatable bonds is 3. The minimum atomic E-state index is 0.101. The van der Waals surface area contributed by atoms with Crippen molar-refractivity contribution in [1.29, 1.82) is 0 Å². The van der Waals surface area contributed by atoms with Crippen molar-refractivity contribution < 1.29 is 4.79 Å².